The van der Waals surface area contributed by atoms with E-state index in [2.05, 4.69) is 4.98 Å². The molecule has 3 nitrogen and oxygen atoms in total. The van der Waals surface area contributed by atoms with Crippen LogP contribution in [0.15, 0.2) is 33.9 Å². The number of para-hydroxylation sites is 2. The van der Waals surface area contributed by atoms with Gasteiger partial charge in [-0.1, -0.05) is 23.9 Å². The molecule has 0 bridgehead atoms. The normalized spacial score (nSPS) is 15.8. The molecule has 1 aromatic heterocycles. The molecule has 2 aromatic rings. The smallest absolute Gasteiger partial charge is 0.402 e. The maximum Gasteiger partial charge on any atom is 0.402 e. The Bertz CT molecular complexity index is 505. The number of benzene rings is 1. The lowest BCUT2D eigenvalue weighted by atomic mass is 10.2. The van der Waals surface area contributed by atoms with E-state index in [-0.39, 0.29) is 5.22 Å². The van der Waals surface area contributed by atoms with Crippen LogP contribution in [0.4, 0.5) is 13.2 Å². The Hall–Kier alpha value is -1.21. The van der Waals surface area contributed by atoms with Gasteiger partial charge in [0.05, 0.1) is 0 Å². The zero-order valence-corrected chi connectivity index (χ0v) is 10.3. The van der Waals surface area contributed by atoms with E-state index >= 15 is 0 Å². The minimum atomic E-state index is -4.39. The number of rotatable bonds is 3. The minimum absolute atomic E-state index is 0.0178. The number of thioether (sulfide) groups is 1. The second kappa shape index (κ2) is 4.81. The van der Waals surface area contributed by atoms with Gasteiger partial charge in [-0.15, -0.1) is 0 Å². The maximum atomic E-state index is 12.7. The molecule has 0 aliphatic carbocycles. The molecule has 1 heterocycles. The van der Waals surface area contributed by atoms with Crippen LogP contribution < -0.4 is 5.73 Å². The molecule has 0 aliphatic rings. The average molecular weight is 276 g/mol. The highest BCUT2D eigenvalue weighted by Crippen LogP contribution is 2.37. The Balaban J connectivity index is 2.26. The van der Waals surface area contributed by atoms with Crippen molar-refractivity contribution in [3.8, 4) is 0 Å². The number of fused-ring (bicyclic) bond motifs is 1. The van der Waals surface area contributed by atoms with Crippen molar-refractivity contribution >= 4 is 22.9 Å². The van der Waals surface area contributed by atoms with E-state index in [4.69, 9.17) is 10.2 Å². The van der Waals surface area contributed by atoms with Crippen molar-refractivity contribution in [2.75, 3.05) is 0 Å². The largest absolute Gasteiger partial charge is 0.431 e. The first-order chi connectivity index (χ1) is 8.38. The van der Waals surface area contributed by atoms with Crippen LogP contribution in [0, 0.1) is 0 Å². The highest BCUT2D eigenvalue weighted by molar-refractivity contribution is 7.99. The Labute approximate surface area is 106 Å². The lowest BCUT2D eigenvalue weighted by Crippen LogP contribution is -2.40. The molecule has 98 valence electrons. The van der Waals surface area contributed by atoms with Crippen LogP contribution in [0.3, 0.4) is 0 Å². The van der Waals surface area contributed by atoms with E-state index < -0.39 is 17.5 Å². The molecule has 0 saturated heterocycles. The minimum Gasteiger partial charge on any atom is -0.431 e. The molecule has 0 saturated carbocycles. The second-order valence-corrected chi connectivity index (χ2v) is 4.98. The summed E-state index contributed by atoms with van der Waals surface area (Å²) in [6.45, 7) is 1.31. The molecule has 0 radical (unpaired) electrons. The summed E-state index contributed by atoms with van der Waals surface area (Å²) in [5, 5.41) is -1.75. The van der Waals surface area contributed by atoms with Crippen molar-refractivity contribution in [1.82, 2.24) is 4.98 Å². The van der Waals surface area contributed by atoms with Crippen molar-refractivity contribution in [1.29, 1.82) is 0 Å². The van der Waals surface area contributed by atoms with Crippen LogP contribution in [0.25, 0.3) is 11.1 Å². The van der Waals surface area contributed by atoms with E-state index in [0.29, 0.717) is 22.9 Å². The fourth-order valence-corrected chi connectivity index (χ4v) is 2.34. The quantitative estimate of drug-likeness (QED) is 0.875. The molecule has 0 amide bonds. The molecule has 2 unspecified atom stereocenters. The average Bonchev–Trinajstić information content (AvgIpc) is 2.66. The van der Waals surface area contributed by atoms with Gasteiger partial charge in [-0.3, -0.25) is 0 Å². The van der Waals surface area contributed by atoms with Gasteiger partial charge < -0.3 is 10.2 Å². The van der Waals surface area contributed by atoms with Crippen molar-refractivity contribution in [2.24, 2.45) is 5.73 Å². The summed E-state index contributed by atoms with van der Waals surface area (Å²) in [5.41, 5.74) is 6.35. The molecule has 18 heavy (non-hydrogen) atoms. The van der Waals surface area contributed by atoms with Crippen LogP contribution >= 0.6 is 11.8 Å². The van der Waals surface area contributed by atoms with Gasteiger partial charge in [0.2, 0.25) is 0 Å². The fourth-order valence-electron chi connectivity index (χ4n) is 1.48. The molecular weight excluding hydrogens is 265 g/mol. The van der Waals surface area contributed by atoms with Gasteiger partial charge in [-0.2, -0.15) is 13.2 Å². The van der Waals surface area contributed by atoms with Gasteiger partial charge >= 0.3 is 6.18 Å². The Morgan fingerprint density at radius 1 is 1.33 bits per heavy atom. The van der Waals surface area contributed by atoms with Gasteiger partial charge in [0, 0.05) is 6.04 Å². The fraction of sp³-hybridized carbons (Fsp3) is 0.364. The molecule has 1 aromatic carbocycles. The monoisotopic (exact) mass is 276 g/mol. The summed E-state index contributed by atoms with van der Waals surface area (Å²) < 4.78 is 43.5. The SMILES string of the molecule is CC(N)C(Sc1nc2ccccc2o1)C(F)(F)F. The first kappa shape index (κ1) is 13.2. The number of nitrogens with two attached hydrogens (primary N) is 1. The summed E-state index contributed by atoms with van der Waals surface area (Å²) in [6.07, 6.45) is -4.39. The van der Waals surface area contributed by atoms with Gasteiger partial charge in [0.15, 0.2) is 5.58 Å². The maximum absolute atomic E-state index is 12.7. The number of oxazole rings is 1. The molecule has 0 fully saturated rings. The summed E-state index contributed by atoms with van der Waals surface area (Å²) in [6, 6.07) is 5.77. The van der Waals surface area contributed by atoms with Crippen molar-refractivity contribution in [3.63, 3.8) is 0 Å². The zero-order chi connectivity index (χ0) is 13.3. The molecule has 7 heteroatoms. The van der Waals surface area contributed by atoms with E-state index in [1.165, 1.54) is 6.92 Å². The first-order valence-corrected chi connectivity index (χ1v) is 6.10. The number of hydrogen-bond donors (Lipinski definition) is 1. The molecule has 2 atom stereocenters. The lowest BCUT2D eigenvalue weighted by molar-refractivity contribution is -0.131. The highest BCUT2D eigenvalue weighted by Gasteiger charge is 2.43. The third-order valence-corrected chi connectivity index (χ3v) is 3.63. The van der Waals surface area contributed by atoms with Crippen LogP contribution in [-0.2, 0) is 0 Å². The number of hydrogen-bond acceptors (Lipinski definition) is 4. The second-order valence-electron chi connectivity index (χ2n) is 3.89. The Morgan fingerprint density at radius 2 is 2.00 bits per heavy atom. The summed E-state index contributed by atoms with van der Waals surface area (Å²) in [7, 11) is 0. The van der Waals surface area contributed by atoms with E-state index in [0.717, 1.165) is 0 Å². The predicted molar refractivity (Wildman–Crippen MR) is 63.4 cm³/mol. The van der Waals surface area contributed by atoms with Crippen LogP contribution in [0.5, 0.6) is 0 Å². The highest BCUT2D eigenvalue weighted by atomic mass is 32.2. The number of alkyl halides is 3. The summed E-state index contributed by atoms with van der Waals surface area (Å²) in [5.74, 6) is 0. The summed E-state index contributed by atoms with van der Waals surface area (Å²) in [4.78, 5) is 3.99. The van der Waals surface area contributed by atoms with E-state index in [9.17, 15) is 13.2 Å². The number of nitrogens with zero attached hydrogens (tertiary/aromatic N) is 1. The topological polar surface area (TPSA) is 52.0 Å². The molecule has 2 N–H and O–H groups in total. The molecule has 0 aliphatic heterocycles. The van der Waals surface area contributed by atoms with Gasteiger partial charge in [-0.05, 0) is 19.1 Å². The predicted octanol–water partition coefficient (Wildman–Crippen LogP) is 3.20. The Morgan fingerprint density at radius 3 is 2.56 bits per heavy atom. The molecule has 2 rings (SSSR count). The van der Waals surface area contributed by atoms with Crippen molar-refractivity contribution in [3.05, 3.63) is 24.3 Å². The van der Waals surface area contributed by atoms with Gasteiger partial charge in [0.25, 0.3) is 5.22 Å². The van der Waals surface area contributed by atoms with E-state index in [1.54, 1.807) is 24.3 Å². The third-order valence-electron chi connectivity index (χ3n) is 2.30. The van der Waals surface area contributed by atoms with Crippen LogP contribution in [0.1, 0.15) is 6.92 Å². The summed E-state index contributed by atoms with van der Waals surface area (Å²) >= 11 is 0.502. The first-order valence-electron chi connectivity index (χ1n) is 5.22. The van der Waals surface area contributed by atoms with Crippen LogP contribution in [-0.4, -0.2) is 22.5 Å². The van der Waals surface area contributed by atoms with Crippen LogP contribution in [0.2, 0.25) is 0 Å². The van der Waals surface area contributed by atoms with Gasteiger partial charge in [0.1, 0.15) is 10.8 Å². The molecular formula is C11H11F3N2OS. The standard InChI is InChI=1S/C11H11F3N2OS/c1-6(15)9(11(12,13)14)18-10-16-7-4-2-3-5-8(7)17-10/h2-6,9H,15H2,1H3. The number of aromatic nitrogens is 1. The lowest BCUT2D eigenvalue weighted by Gasteiger charge is -2.21. The zero-order valence-electron chi connectivity index (χ0n) is 9.44. The van der Waals surface area contributed by atoms with Crippen molar-refractivity contribution < 1.29 is 17.6 Å². The van der Waals surface area contributed by atoms with Crippen molar-refractivity contribution in [2.45, 2.75) is 29.6 Å². The number of halogens is 3. The third kappa shape index (κ3) is 2.78. The van der Waals surface area contributed by atoms with E-state index in [1.807, 2.05) is 0 Å². The Kier molecular flexibility index (Phi) is 3.54. The van der Waals surface area contributed by atoms with Gasteiger partial charge in [-0.25, -0.2) is 4.98 Å². The molecule has 0 spiro atoms.